The lowest BCUT2D eigenvalue weighted by Gasteiger charge is -2.33. The Hall–Kier alpha value is -3.72. The van der Waals surface area contributed by atoms with E-state index in [2.05, 4.69) is 65.2 Å². The first-order valence-corrected chi connectivity index (χ1v) is 13.4. The molecular formula is C29H36N6O3. The first-order chi connectivity index (χ1) is 18.4. The van der Waals surface area contributed by atoms with E-state index in [9.17, 15) is 4.79 Å². The van der Waals surface area contributed by atoms with Crippen molar-refractivity contribution in [2.45, 2.75) is 71.6 Å². The Morgan fingerprint density at radius 1 is 1.05 bits per heavy atom. The molecule has 1 unspecified atom stereocenters. The summed E-state index contributed by atoms with van der Waals surface area (Å²) in [4.78, 5) is 18.7. The number of pyridine rings is 1. The zero-order valence-corrected chi connectivity index (χ0v) is 22.6. The molecule has 2 aromatic carbocycles. The summed E-state index contributed by atoms with van der Waals surface area (Å²) in [6, 6.07) is 16.0. The van der Waals surface area contributed by atoms with Crippen LogP contribution in [0.3, 0.4) is 0 Å². The number of fused-ring (bicyclic) bond motifs is 2. The maximum Gasteiger partial charge on any atom is 0.252 e. The van der Waals surface area contributed by atoms with E-state index in [1.165, 1.54) is 5.56 Å². The zero-order chi connectivity index (χ0) is 26.7. The second-order valence-electron chi connectivity index (χ2n) is 10.5. The topological polar surface area (TPSA) is 98.2 Å². The molecule has 38 heavy (non-hydrogen) atoms. The second kappa shape index (κ2) is 10.9. The molecule has 0 saturated heterocycles. The van der Waals surface area contributed by atoms with Gasteiger partial charge in [-0.15, -0.1) is 5.10 Å². The van der Waals surface area contributed by atoms with Crippen molar-refractivity contribution in [2.75, 3.05) is 13.2 Å². The van der Waals surface area contributed by atoms with Crippen molar-refractivity contribution >= 4 is 10.9 Å². The van der Waals surface area contributed by atoms with Crippen molar-refractivity contribution in [3.63, 3.8) is 0 Å². The van der Waals surface area contributed by atoms with Crippen LogP contribution in [0.1, 0.15) is 70.0 Å². The van der Waals surface area contributed by atoms with E-state index in [1.54, 1.807) is 0 Å². The Morgan fingerprint density at radius 2 is 1.79 bits per heavy atom. The van der Waals surface area contributed by atoms with Gasteiger partial charge in [0.05, 0.1) is 17.1 Å². The van der Waals surface area contributed by atoms with E-state index in [0.717, 1.165) is 36.0 Å². The average molecular weight is 517 g/mol. The van der Waals surface area contributed by atoms with Crippen LogP contribution in [0, 0.1) is 0 Å². The molecule has 9 heteroatoms. The molecule has 9 nitrogen and oxygen atoms in total. The zero-order valence-electron chi connectivity index (χ0n) is 22.6. The van der Waals surface area contributed by atoms with Gasteiger partial charge in [0.15, 0.2) is 17.3 Å². The Morgan fingerprint density at radius 3 is 2.50 bits per heavy atom. The van der Waals surface area contributed by atoms with E-state index in [4.69, 9.17) is 9.47 Å². The van der Waals surface area contributed by atoms with Gasteiger partial charge in [-0.1, -0.05) is 50.6 Å². The van der Waals surface area contributed by atoms with Crippen LogP contribution in [0.25, 0.3) is 10.9 Å². The molecule has 0 radical (unpaired) electrons. The number of rotatable bonds is 10. The number of aromatic nitrogens is 5. The smallest absolute Gasteiger partial charge is 0.252 e. The maximum atomic E-state index is 13.3. The fraction of sp³-hybridized carbons (Fsp3) is 0.448. The lowest BCUT2D eigenvalue weighted by Crippen LogP contribution is -2.36. The quantitative estimate of drug-likeness (QED) is 0.318. The van der Waals surface area contributed by atoms with Crippen LogP contribution in [0.5, 0.6) is 11.5 Å². The largest absolute Gasteiger partial charge is 0.486 e. The summed E-state index contributed by atoms with van der Waals surface area (Å²) >= 11 is 0. The predicted molar refractivity (Wildman–Crippen MR) is 146 cm³/mol. The van der Waals surface area contributed by atoms with Gasteiger partial charge in [-0.3, -0.25) is 9.69 Å². The molecule has 0 spiro atoms. The van der Waals surface area contributed by atoms with Crippen molar-refractivity contribution < 1.29 is 9.47 Å². The lowest BCUT2D eigenvalue weighted by molar-refractivity contribution is 0.145. The molecule has 0 amide bonds. The van der Waals surface area contributed by atoms with Crippen molar-refractivity contribution in [3.8, 4) is 11.5 Å². The summed E-state index contributed by atoms with van der Waals surface area (Å²) < 4.78 is 13.4. The minimum Gasteiger partial charge on any atom is -0.486 e. The number of aromatic amines is 1. The first-order valence-electron chi connectivity index (χ1n) is 13.4. The number of ether oxygens (including phenoxy) is 2. The van der Waals surface area contributed by atoms with E-state index in [-0.39, 0.29) is 17.1 Å². The van der Waals surface area contributed by atoms with Gasteiger partial charge in [-0.2, -0.15) is 0 Å². The fourth-order valence-electron chi connectivity index (χ4n) is 4.95. The van der Waals surface area contributed by atoms with Crippen LogP contribution in [0.4, 0.5) is 0 Å². The third-order valence-electron chi connectivity index (χ3n) is 7.42. The highest BCUT2D eigenvalue weighted by Gasteiger charge is 2.31. The molecule has 2 aromatic heterocycles. The molecule has 1 aliphatic rings. The molecule has 200 valence electrons. The Kier molecular flexibility index (Phi) is 7.46. The number of tetrazole rings is 1. The van der Waals surface area contributed by atoms with Gasteiger partial charge in [0.2, 0.25) is 0 Å². The minimum absolute atomic E-state index is 0.0728. The van der Waals surface area contributed by atoms with Gasteiger partial charge in [0.25, 0.3) is 5.56 Å². The van der Waals surface area contributed by atoms with Crippen LogP contribution < -0.4 is 15.0 Å². The summed E-state index contributed by atoms with van der Waals surface area (Å²) in [6.45, 7) is 10.7. The van der Waals surface area contributed by atoms with Crippen LogP contribution in [-0.2, 0) is 18.6 Å². The Labute approximate surface area is 222 Å². The molecule has 1 aliphatic heterocycles. The fourth-order valence-corrected chi connectivity index (χ4v) is 4.95. The molecular weight excluding hydrogens is 480 g/mol. The second-order valence-corrected chi connectivity index (χ2v) is 10.5. The third kappa shape index (κ3) is 5.29. The Balaban J connectivity index is 1.57. The molecule has 0 bridgehead atoms. The molecule has 5 rings (SSSR count). The maximum absolute atomic E-state index is 13.3. The van der Waals surface area contributed by atoms with Gasteiger partial charge >= 0.3 is 0 Å². The Bertz CT molecular complexity index is 1450. The van der Waals surface area contributed by atoms with Crippen molar-refractivity contribution in [2.24, 2.45) is 0 Å². The average Bonchev–Trinajstić information content (AvgIpc) is 3.42. The SMILES string of the molecule is CCCC(c1nnnn1C(C)(C)CC)N(Cc1ccccc1)Cc1cc2cc3c(cc2[nH]c1=O)OCCO3. The van der Waals surface area contributed by atoms with Gasteiger partial charge in [-0.05, 0) is 54.8 Å². The number of nitrogens with zero attached hydrogens (tertiary/aromatic N) is 5. The summed E-state index contributed by atoms with van der Waals surface area (Å²) in [6.07, 6.45) is 2.70. The third-order valence-corrected chi connectivity index (χ3v) is 7.42. The van der Waals surface area contributed by atoms with Crippen LogP contribution >= 0.6 is 0 Å². The van der Waals surface area contributed by atoms with Crippen molar-refractivity contribution in [1.82, 2.24) is 30.1 Å². The highest BCUT2D eigenvalue weighted by atomic mass is 16.6. The molecule has 1 atom stereocenters. The van der Waals surface area contributed by atoms with Crippen LogP contribution in [0.2, 0.25) is 0 Å². The normalized spacial score (nSPS) is 14.2. The number of nitrogens with one attached hydrogen (secondary N) is 1. The first kappa shape index (κ1) is 25.9. The standard InChI is InChI=1S/C29H36N6O3/c1-5-10-24(27-31-32-33-35(27)29(3,4)6-2)34(18-20-11-8-7-9-12-20)19-22-15-21-16-25-26(38-14-13-37-25)17-23(21)30-28(22)36/h7-9,11-12,15-17,24H,5-6,10,13-14,18-19H2,1-4H3,(H,30,36). The predicted octanol–water partition coefficient (Wildman–Crippen LogP) is 4.97. The molecule has 0 saturated carbocycles. The highest BCUT2D eigenvalue weighted by Crippen LogP contribution is 2.35. The van der Waals surface area contributed by atoms with Crippen molar-refractivity contribution in [3.05, 3.63) is 75.8 Å². The van der Waals surface area contributed by atoms with Crippen LogP contribution in [-0.4, -0.2) is 43.3 Å². The molecule has 0 fully saturated rings. The molecule has 4 aromatic rings. The number of hydrogen-bond donors (Lipinski definition) is 1. The van der Waals surface area contributed by atoms with Gasteiger partial charge in [-0.25, -0.2) is 4.68 Å². The van der Waals surface area contributed by atoms with E-state index >= 15 is 0 Å². The summed E-state index contributed by atoms with van der Waals surface area (Å²) in [5, 5.41) is 13.9. The molecule has 1 N–H and O–H groups in total. The number of hydrogen-bond acceptors (Lipinski definition) is 7. The minimum atomic E-state index is -0.231. The number of benzene rings is 2. The van der Waals surface area contributed by atoms with E-state index in [0.29, 0.717) is 43.4 Å². The van der Waals surface area contributed by atoms with Gasteiger partial charge in [0.1, 0.15) is 13.2 Å². The van der Waals surface area contributed by atoms with Gasteiger partial charge < -0.3 is 14.5 Å². The van der Waals surface area contributed by atoms with E-state index < -0.39 is 0 Å². The number of H-pyrrole nitrogens is 1. The monoisotopic (exact) mass is 516 g/mol. The molecule has 3 heterocycles. The van der Waals surface area contributed by atoms with E-state index in [1.807, 2.05) is 41.1 Å². The summed E-state index contributed by atoms with van der Waals surface area (Å²) in [7, 11) is 0. The summed E-state index contributed by atoms with van der Waals surface area (Å²) in [5.41, 5.74) is 2.23. The highest BCUT2D eigenvalue weighted by molar-refractivity contribution is 5.83. The van der Waals surface area contributed by atoms with Crippen LogP contribution in [0.15, 0.2) is 53.3 Å². The molecule has 0 aliphatic carbocycles. The van der Waals surface area contributed by atoms with Gasteiger partial charge in [0, 0.05) is 30.1 Å². The van der Waals surface area contributed by atoms with Crippen molar-refractivity contribution in [1.29, 1.82) is 0 Å². The lowest BCUT2D eigenvalue weighted by atomic mass is 10.00. The summed E-state index contributed by atoms with van der Waals surface area (Å²) in [5.74, 6) is 2.19.